The molecule has 2 unspecified atom stereocenters. The molecule has 0 saturated heterocycles. The molecule has 0 amide bonds. The summed E-state index contributed by atoms with van der Waals surface area (Å²) < 4.78 is 35.0. The van der Waals surface area contributed by atoms with Crippen LogP contribution in [0.15, 0.2) is 48.6 Å². The summed E-state index contributed by atoms with van der Waals surface area (Å²) in [5, 5.41) is 0. The fourth-order valence-electron chi connectivity index (χ4n) is 5.67. The third kappa shape index (κ3) is 41.6. The average molecular weight is 783 g/mol. The van der Waals surface area contributed by atoms with Crippen molar-refractivity contribution in [3.63, 3.8) is 0 Å². The van der Waals surface area contributed by atoms with Crippen molar-refractivity contribution in [1.82, 2.24) is 0 Å². The summed E-state index contributed by atoms with van der Waals surface area (Å²) in [5.74, 6) is -0.330. The zero-order chi connectivity index (χ0) is 39.9. The lowest BCUT2D eigenvalue weighted by atomic mass is 10.1. The van der Waals surface area contributed by atoms with E-state index < -0.39 is 13.9 Å². The first-order valence-corrected chi connectivity index (χ1v) is 23.4. The third-order valence-electron chi connectivity index (χ3n) is 9.11. The highest BCUT2D eigenvalue weighted by molar-refractivity contribution is 7.47. The van der Waals surface area contributed by atoms with E-state index in [9.17, 15) is 14.3 Å². The van der Waals surface area contributed by atoms with E-state index in [2.05, 4.69) is 62.5 Å². The number of ether oxygens (including phenoxy) is 2. The zero-order valence-electron chi connectivity index (χ0n) is 35.7. The van der Waals surface area contributed by atoms with E-state index in [4.69, 9.17) is 18.5 Å². The SMILES string of the molecule is CCCCC/C=C\C/C=C\C/C=C\CCCCCCCCC(=O)OC(COCCCCCCCC/C=C\CCCCC)COP(=O)(O)OCC[N+](C)(C)C. The van der Waals surface area contributed by atoms with Crippen LogP contribution in [0, 0.1) is 0 Å². The number of phosphoric ester groups is 1. The van der Waals surface area contributed by atoms with Crippen molar-refractivity contribution in [2.45, 2.75) is 180 Å². The molecular formula is C45H85NO7P+. The molecule has 0 spiro atoms. The van der Waals surface area contributed by atoms with Crippen LogP contribution < -0.4 is 0 Å². The topological polar surface area (TPSA) is 91.3 Å². The van der Waals surface area contributed by atoms with Crippen molar-refractivity contribution in [3.8, 4) is 0 Å². The van der Waals surface area contributed by atoms with Gasteiger partial charge in [-0.05, 0) is 77.0 Å². The number of allylic oxidation sites excluding steroid dienone is 8. The average Bonchev–Trinajstić information content (AvgIpc) is 3.12. The number of phosphoric acid groups is 1. The predicted octanol–water partition coefficient (Wildman–Crippen LogP) is 12.8. The Morgan fingerprint density at radius 2 is 1.02 bits per heavy atom. The van der Waals surface area contributed by atoms with Crippen LogP contribution in [0.2, 0.25) is 0 Å². The fraction of sp³-hybridized carbons (Fsp3) is 0.800. The van der Waals surface area contributed by atoms with Crippen molar-refractivity contribution >= 4 is 13.8 Å². The normalized spacial score (nSPS) is 14.3. The van der Waals surface area contributed by atoms with E-state index in [1.165, 1.54) is 96.3 Å². The maximum atomic E-state index is 12.7. The van der Waals surface area contributed by atoms with Crippen molar-refractivity contribution < 1.29 is 37.3 Å². The quantitative estimate of drug-likeness (QED) is 0.0218. The van der Waals surface area contributed by atoms with Gasteiger partial charge in [0, 0.05) is 13.0 Å². The van der Waals surface area contributed by atoms with Crippen molar-refractivity contribution in [2.24, 2.45) is 0 Å². The van der Waals surface area contributed by atoms with Gasteiger partial charge in [0.1, 0.15) is 19.3 Å². The number of nitrogens with zero attached hydrogens (tertiary/aromatic N) is 1. The largest absolute Gasteiger partial charge is 0.472 e. The second kappa shape index (κ2) is 38.3. The van der Waals surface area contributed by atoms with E-state index in [-0.39, 0.29) is 25.8 Å². The van der Waals surface area contributed by atoms with Gasteiger partial charge in [0.15, 0.2) is 0 Å². The number of likely N-dealkylation sites (N-methyl/N-ethyl adjacent to an activating group) is 1. The summed E-state index contributed by atoms with van der Waals surface area (Å²) in [6.45, 7) is 5.54. The zero-order valence-corrected chi connectivity index (χ0v) is 36.6. The smallest absolute Gasteiger partial charge is 0.457 e. The second-order valence-electron chi connectivity index (χ2n) is 15.7. The summed E-state index contributed by atoms with van der Waals surface area (Å²) in [6, 6.07) is 0. The fourth-order valence-corrected chi connectivity index (χ4v) is 6.41. The van der Waals surface area contributed by atoms with Gasteiger partial charge in [-0.1, -0.05) is 140 Å². The lowest BCUT2D eigenvalue weighted by Crippen LogP contribution is -2.37. The van der Waals surface area contributed by atoms with Gasteiger partial charge in [-0.2, -0.15) is 0 Å². The van der Waals surface area contributed by atoms with Crippen molar-refractivity contribution in [3.05, 3.63) is 48.6 Å². The predicted molar refractivity (Wildman–Crippen MR) is 229 cm³/mol. The molecule has 0 aliphatic rings. The standard InChI is InChI=1S/C45H84NO7P/c1-6-8-10-12-14-16-18-20-21-22-23-24-25-26-28-30-32-34-36-38-45(47)53-44(43-52-54(48,49)51-41-39-46(3,4)5)42-50-40-37-35-33-31-29-27-19-17-15-13-11-9-7-2/h14-17,20-21,23-24,44H,6-13,18-19,22,25-43H2,1-5H3/p+1/b16-14-,17-15-,21-20-,24-23-. The molecular weight excluding hydrogens is 697 g/mol. The van der Waals surface area contributed by atoms with Crippen LogP contribution in [0.3, 0.4) is 0 Å². The Balaban J connectivity index is 4.27. The van der Waals surface area contributed by atoms with E-state index in [1.807, 2.05) is 21.1 Å². The van der Waals surface area contributed by atoms with E-state index in [0.29, 0.717) is 24.1 Å². The first-order chi connectivity index (χ1) is 26.1. The van der Waals surface area contributed by atoms with Crippen LogP contribution in [0.1, 0.15) is 174 Å². The maximum absolute atomic E-state index is 12.7. The van der Waals surface area contributed by atoms with Gasteiger partial charge >= 0.3 is 13.8 Å². The molecule has 0 bridgehead atoms. The molecule has 316 valence electrons. The van der Waals surface area contributed by atoms with Gasteiger partial charge in [-0.15, -0.1) is 0 Å². The third-order valence-corrected chi connectivity index (χ3v) is 10.1. The molecule has 2 atom stereocenters. The van der Waals surface area contributed by atoms with E-state index in [1.54, 1.807) is 0 Å². The van der Waals surface area contributed by atoms with Crippen molar-refractivity contribution in [1.29, 1.82) is 0 Å². The molecule has 0 rings (SSSR count). The van der Waals surface area contributed by atoms with Gasteiger partial charge < -0.3 is 18.9 Å². The first-order valence-electron chi connectivity index (χ1n) is 21.9. The molecule has 8 nitrogen and oxygen atoms in total. The van der Waals surface area contributed by atoms with E-state index in [0.717, 1.165) is 57.8 Å². The van der Waals surface area contributed by atoms with Gasteiger partial charge in [0.05, 0.1) is 34.4 Å². The number of quaternary nitrogens is 1. The van der Waals surface area contributed by atoms with Crippen LogP contribution in [0.5, 0.6) is 0 Å². The lowest BCUT2D eigenvalue weighted by Gasteiger charge is -2.24. The second-order valence-corrected chi connectivity index (χ2v) is 17.2. The summed E-state index contributed by atoms with van der Waals surface area (Å²) in [6.07, 6.45) is 45.6. The molecule has 1 N–H and O–H groups in total. The highest BCUT2D eigenvalue weighted by Crippen LogP contribution is 2.43. The number of rotatable bonds is 40. The van der Waals surface area contributed by atoms with Crippen LogP contribution in [0.4, 0.5) is 0 Å². The molecule has 9 heteroatoms. The number of hydrogen-bond acceptors (Lipinski definition) is 6. The van der Waals surface area contributed by atoms with Gasteiger partial charge in [0.25, 0.3) is 0 Å². The highest BCUT2D eigenvalue weighted by Gasteiger charge is 2.26. The first kappa shape index (κ1) is 52.5. The van der Waals surface area contributed by atoms with Crippen LogP contribution >= 0.6 is 7.82 Å². The molecule has 0 fully saturated rings. The Kier molecular flexibility index (Phi) is 37.2. The molecule has 0 aromatic carbocycles. The number of unbranched alkanes of at least 4 members (excludes halogenated alkanes) is 18. The minimum Gasteiger partial charge on any atom is -0.457 e. The molecule has 0 saturated carbocycles. The molecule has 0 aromatic rings. The van der Waals surface area contributed by atoms with Gasteiger partial charge in [-0.3, -0.25) is 13.8 Å². The number of esters is 1. The molecule has 0 radical (unpaired) electrons. The Bertz CT molecular complexity index is 1000. The Morgan fingerprint density at radius 3 is 1.54 bits per heavy atom. The lowest BCUT2D eigenvalue weighted by molar-refractivity contribution is -0.870. The number of carbonyl (C=O) groups is 1. The van der Waals surface area contributed by atoms with Crippen LogP contribution in [-0.2, 0) is 27.9 Å². The van der Waals surface area contributed by atoms with E-state index >= 15 is 0 Å². The van der Waals surface area contributed by atoms with Gasteiger partial charge in [0.2, 0.25) is 0 Å². The summed E-state index contributed by atoms with van der Waals surface area (Å²) in [7, 11) is 1.65. The van der Waals surface area contributed by atoms with Crippen molar-refractivity contribution in [2.75, 3.05) is 54.1 Å². The van der Waals surface area contributed by atoms with Crippen LogP contribution in [0.25, 0.3) is 0 Å². The minimum atomic E-state index is -4.28. The summed E-state index contributed by atoms with van der Waals surface area (Å²) in [5.41, 5.74) is 0. The van der Waals surface area contributed by atoms with Gasteiger partial charge in [-0.25, -0.2) is 4.57 Å². The Hall–Kier alpha value is -1.54. The molecule has 0 aromatic heterocycles. The molecule has 0 heterocycles. The summed E-state index contributed by atoms with van der Waals surface area (Å²) in [4.78, 5) is 22.9. The molecule has 0 aliphatic carbocycles. The molecule has 54 heavy (non-hydrogen) atoms. The minimum absolute atomic E-state index is 0.0832. The van der Waals surface area contributed by atoms with Crippen LogP contribution in [-0.4, -0.2) is 75.6 Å². The Morgan fingerprint density at radius 1 is 0.574 bits per heavy atom. The maximum Gasteiger partial charge on any atom is 0.472 e. The molecule has 0 aliphatic heterocycles. The number of hydrogen-bond donors (Lipinski definition) is 1. The summed E-state index contributed by atoms with van der Waals surface area (Å²) >= 11 is 0. The highest BCUT2D eigenvalue weighted by atomic mass is 31.2. The monoisotopic (exact) mass is 783 g/mol. The number of carbonyl (C=O) groups excluding carboxylic acids is 1. The Labute approximate surface area is 333 Å².